The van der Waals surface area contributed by atoms with Gasteiger partial charge in [0.25, 0.3) is 0 Å². The first-order valence-corrected chi connectivity index (χ1v) is 8.33. The van der Waals surface area contributed by atoms with Crippen molar-refractivity contribution in [2.45, 2.75) is 30.2 Å². The van der Waals surface area contributed by atoms with Crippen molar-refractivity contribution in [1.29, 1.82) is 0 Å². The van der Waals surface area contributed by atoms with Crippen LogP contribution in [0.25, 0.3) is 0 Å². The number of nitrogens with one attached hydrogen (secondary N) is 1. The maximum Gasteiger partial charge on any atom is 0.242 e. The normalized spacial score (nSPS) is 18.9. The van der Waals surface area contributed by atoms with Crippen LogP contribution in [0.1, 0.15) is 18.4 Å². The molecule has 1 aromatic carbocycles. The van der Waals surface area contributed by atoms with E-state index in [2.05, 4.69) is 4.72 Å². The molecule has 0 saturated carbocycles. The Hall–Kier alpha value is -0.660. The molecule has 0 amide bonds. The topological polar surface area (TPSA) is 81.4 Å². The van der Waals surface area contributed by atoms with Gasteiger partial charge in [0.2, 0.25) is 10.0 Å². The molecule has 0 unspecified atom stereocenters. The van der Waals surface area contributed by atoms with E-state index in [1.165, 1.54) is 0 Å². The van der Waals surface area contributed by atoms with Gasteiger partial charge in [0, 0.05) is 25.3 Å². The highest BCUT2D eigenvalue weighted by atomic mass is 35.5. The van der Waals surface area contributed by atoms with Crippen LogP contribution in [-0.4, -0.2) is 33.7 Å². The third kappa shape index (κ3) is 3.15. The van der Waals surface area contributed by atoms with Crippen molar-refractivity contribution < 1.29 is 13.2 Å². The summed E-state index contributed by atoms with van der Waals surface area (Å²) in [5, 5.41) is 0.219. The van der Waals surface area contributed by atoms with Crippen molar-refractivity contribution >= 4 is 21.6 Å². The van der Waals surface area contributed by atoms with E-state index in [0.717, 1.165) is 0 Å². The van der Waals surface area contributed by atoms with Gasteiger partial charge >= 0.3 is 0 Å². The van der Waals surface area contributed by atoms with E-state index in [9.17, 15) is 8.42 Å². The number of sulfonamides is 1. The minimum Gasteiger partial charge on any atom is -0.381 e. The van der Waals surface area contributed by atoms with Gasteiger partial charge in [0.05, 0.1) is 5.02 Å². The lowest BCUT2D eigenvalue weighted by molar-refractivity contribution is 0.0502. The predicted octanol–water partition coefficient (Wildman–Crippen LogP) is 1.43. The minimum atomic E-state index is -3.71. The van der Waals surface area contributed by atoms with Crippen LogP contribution in [0.15, 0.2) is 23.1 Å². The Morgan fingerprint density at radius 2 is 2.05 bits per heavy atom. The summed E-state index contributed by atoms with van der Waals surface area (Å²) in [6.07, 6.45) is 1.12. The molecule has 7 heteroatoms. The average Bonchev–Trinajstić information content (AvgIpc) is 2.38. The molecule has 0 spiro atoms. The summed E-state index contributed by atoms with van der Waals surface area (Å²) in [6.45, 7) is 2.96. The fraction of sp³-hybridized carbons (Fsp3) is 0.538. The number of ether oxygens (including phenoxy) is 1. The van der Waals surface area contributed by atoms with Crippen molar-refractivity contribution in [1.82, 2.24) is 4.72 Å². The van der Waals surface area contributed by atoms with Crippen LogP contribution in [0.2, 0.25) is 5.02 Å². The number of rotatable bonds is 4. The Labute approximate surface area is 124 Å². The van der Waals surface area contributed by atoms with Gasteiger partial charge in [-0.3, -0.25) is 0 Å². The third-order valence-corrected chi connectivity index (χ3v) is 5.83. The van der Waals surface area contributed by atoms with E-state index in [-0.39, 0.29) is 16.5 Å². The zero-order valence-electron chi connectivity index (χ0n) is 11.4. The second kappa shape index (κ2) is 5.99. The highest BCUT2D eigenvalue weighted by Gasteiger charge is 2.36. The summed E-state index contributed by atoms with van der Waals surface area (Å²) in [5.74, 6) is 0. The van der Waals surface area contributed by atoms with Crippen molar-refractivity contribution in [3.05, 3.63) is 28.8 Å². The molecule has 1 saturated heterocycles. The van der Waals surface area contributed by atoms with Crippen molar-refractivity contribution in [2.24, 2.45) is 5.73 Å². The first-order chi connectivity index (χ1) is 9.40. The molecule has 0 aliphatic carbocycles. The fourth-order valence-corrected chi connectivity index (χ4v) is 4.71. The lowest BCUT2D eigenvalue weighted by Crippen LogP contribution is -2.56. The summed E-state index contributed by atoms with van der Waals surface area (Å²) in [7, 11) is -3.71. The van der Waals surface area contributed by atoms with Gasteiger partial charge in [0.15, 0.2) is 0 Å². The van der Waals surface area contributed by atoms with Crippen molar-refractivity contribution in [3.8, 4) is 0 Å². The maximum absolute atomic E-state index is 12.6. The second-order valence-corrected chi connectivity index (χ2v) is 7.11. The Bertz CT molecular complexity index is 563. The molecule has 1 aromatic rings. The quantitative estimate of drug-likeness (QED) is 0.880. The highest BCUT2D eigenvalue weighted by Crippen LogP contribution is 2.28. The summed E-state index contributed by atoms with van der Waals surface area (Å²) < 4.78 is 33.2. The average molecular weight is 319 g/mol. The highest BCUT2D eigenvalue weighted by molar-refractivity contribution is 7.89. The van der Waals surface area contributed by atoms with Gasteiger partial charge in [-0.25, -0.2) is 13.1 Å². The summed E-state index contributed by atoms with van der Waals surface area (Å²) in [5.41, 5.74) is 5.75. The van der Waals surface area contributed by atoms with Crippen LogP contribution >= 0.6 is 11.6 Å². The van der Waals surface area contributed by atoms with Crippen LogP contribution < -0.4 is 10.5 Å². The zero-order valence-corrected chi connectivity index (χ0v) is 12.9. The second-order valence-electron chi connectivity index (χ2n) is 5.09. The van der Waals surface area contributed by atoms with Gasteiger partial charge in [0.1, 0.15) is 4.90 Å². The first-order valence-electron chi connectivity index (χ1n) is 6.47. The molecule has 2 rings (SSSR count). The van der Waals surface area contributed by atoms with E-state index in [1.54, 1.807) is 25.1 Å². The molecule has 112 valence electrons. The molecule has 0 bridgehead atoms. The molecular formula is C13H19ClN2O3S. The number of aryl methyl sites for hydroxylation is 1. The monoisotopic (exact) mass is 318 g/mol. The Kier molecular flexibility index (Phi) is 4.71. The standard InChI is InChI=1S/C13H19ClN2O3S/c1-10-3-2-4-11(14)12(10)20(17,18)16-13(9-15)5-7-19-8-6-13/h2-4,16H,5-9,15H2,1H3. The summed E-state index contributed by atoms with van der Waals surface area (Å²) in [6, 6.07) is 5.02. The number of hydrogen-bond acceptors (Lipinski definition) is 4. The predicted molar refractivity (Wildman–Crippen MR) is 78.3 cm³/mol. The lowest BCUT2D eigenvalue weighted by atomic mass is 9.92. The number of hydrogen-bond donors (Lipinski definition) is 2. The minimum absolute atomic E-state index is 0.126. The van der Waals surface area contributed by atoms with Crippen LogP contribution in [0.4, 0.5) is 0 Å². The van der Waals surface area contributed by atoms with Gasteiger partial charge < -0.3 is 10.5 Å². The van der Waals surface area contributed by atoms with Gasteiger partial charge in [-0.2, -0.15) is 0 Å². The smallest absolute Gasteiger partial charge is 0.242 e. The Morgan fingerprint density at radius 3 is 2.60 bits per heavy atom. The van der Waals surface area contributed by atoms with Crippen LogP contribution in [0.5, 0.6) is 0 Å². The van der Waals surface area contributed by atoms with Crippen molar-refractivity contribution in [2.75, 3.05) is 19.8 Å². The molecule has 0 aromatic heterocycles. The van der Waals surface area contributed by atoms with Crippen LogP contribution in [0.3, 0.4) is 0 Å². The van der Waals surface area contributed by atoms with Crippen molar-refractivity contribution in [3.63, 3.8) is 0 Å². The number of benzene rings is 1. The molecule has 0 radical (unpaired) electrons. The van der Waals surface area contributed by atoms with Gasteiger partial charge in [-0.15, -0.1) is 0 Å². The number of halogens is 1. The molecule has 20 heavy (non-hydrogen) atoms. The van der Waals surface area contributed by atoms with E-state index >= 15 is 0 Å². The Morgan fingerprint density at radius 1 is 1.40 bits per heavy atom. The molecule has 3 N–H and O–H groups in total. The van der Waals surface area contributed by atoms with E-state index in [4.69, 9.17) is 22.1 Å². The lowest BCUT2D eigenvalue weighted by Gasteiger charge is -2.36. The van der Waals surface area contributed by atoms with Crippen LogP contribution in [-0.2, 0) is 14.8 Å². The molecule has 1 heterocycles. The third-order valence-electron chi connectivity index (χ3n) is 3.62. The van der Waals surface area contributed by atoms with E-state index in [0.29, 0.717) is 31.6 Å². The Balaban J connectivity index is 2.35. The van der Waals surface area contributed by atoms with Gasteiger partial charge in [-0.1, -0.05) is 23.7 Å². The first kappa shape index (κ1) is 15.7. The largest absolute Gasteiger partial charge is 0.381 e. The number of nitrogens with two attached hydrogens (primary N) is 1. The molecule has 1 aliphatic rings. The molecule has 1 fully saturated rings. The molecule has 1 aliphatic heterocycles. The zero-order chi connectivity index (χ0) is 14.8. The van der Waals surface area contributed by atoms with Crippen LogP contribution in [0, 0.1) is 6.92 Å². The van der Waals surface area contributed by atoms with Gasteiger partial charge in [-0.05, 0) is 31.4 Å². The van der Waals surface area contributed by atoms with E-state index in [1.807, 2.05) is 0 Å². The maximum atomic E-state index is 12.6. The SMILES string of the molecule is Cc1cccc(Cl)c1S(=O)(=O)NC1(CN)CCOCC1. The summed E-state index contributed by atoms with van der Waals surface area (Å²) >= 11 is 6.05. The molecule has 0 atom stereocenters. The summed E-state index contributed by atoms with van der Waals surface area (Å²) in [4.78, 5) is 0.126. The molecule has 5 nitrogen and oxygen atoms in total. The fourth-order valence-electron chi connectivity index (χ4n) is 2.40. The van der Waals surface area contributed by atoms with E-state index < -0.39 is 15.6 Å². The molecular weight excluding hydrogens is 300 g/mol.